The summed E-state index contributed by atoms with van der Waals surface area (Å²) in [6.07, 6.45) is 4.01. The van der Waals surface area contributed by atoms with Crippen LogP contribution in [0.15, 0.2) is 18.3 Å². The number of fused-ring (bicyclic) bond motifs is 1. The van der Waals surface area contributed by atoms with Gasteiger partial charge in [0.1, 0.15) is 5.82 Å². The van der Waals surface area contributed by atoms with Gasteiger partial charge >= 0.3 is 0 Å². The van der Waals surface area contributed by atoms with Crippen molar-refractivity contribution < 1.29 is 9.90 Å². The zero-order valence-corrected chi connectivity index (χ0v) is 12.4. The maximum absolute atomic E-state index is 12.7. The van der Waals surface area contributed by atoms with E-state index in [1.54, 1.807) is 19.2 Å². The summed E-state index contributed by atoms with van der Waals surface area (Å²) in [6, 6.07) is 3.74. The van der Waals surface area contributed by atoms with Crippen LogP contribution >= 0.6 is 0 Å². The zero-order chi connectivity index (χ0) is 15.0. The first kappa shape index (κ1) is 14.0. The molecule has 0 aromatic carbocycles. The average Bonchev–Trinajstić information content (AvgIpc) is 3.05. The zero-order valence-electron chi connectivity index (χ0n) is 12.4. The molecule has 0 saturated carbocycles. The van der Waals surface area contributed by atoms with E-state index in [9.17, 15) is 9.90 Å². The molecule has 2 aromatic heterocycles. The molecule has 1 aliphatic heterocycles. The molecule has 0 spiro atoms. The summed E-state index contributed by atoms with van der Waals surface area (Å²) in [7, 11) is 0. The molecule has 21 heavy (non-hydrogen) atoms. The second-order valence-electron chi connectivity index (χ2n) is 5.77. The van der Waals surface area contributed by atoms with Gasteiger partial charge in [0.25, 0.3) is 5.91 Å². The second kappa shape index (κ2) is 5.44. The summed E-state index contributed by atoms with van der Waals surface area (Å²) in [5.41, 5.74) is 1.38. The van der Waals surface area contributed by atoms with E-state index in [1.165, 1.54) is 0 Å². The molecule has 3 rings (SSSR count). The van der Waals surface area contributed by atoms with Gasteiger partial charge in [-0.3, -0.25) is 9.20 Å². The number of amides is 1. The van der Waals surface area contributed by atoms with Gasteiger partial charge in [0.05, 0.1) is 11.7 Å². The minimum Gasteiger partial charge on any atom is -0.393 e. The highest BCUT2D eigenvalue weighted by molar-refractivity contribution is 5.94. The number of aliphatic hydroxyl groups is 1. The molecule has 2 unspecified atom stereocenters. The molecule has 0 bridgehead atoms. The monoisotopic (exact) mass is 288 g/mol. The third kappa shape index (κ3) is 2.63. The molecular formula is C15H20N4O2. The lowest BCUT2D eigenvalue weighted by molar-refractivity contribution is 0.0681. The normalized spacial score (nSPS) is 20.1. The lowest BCUT2D eigenvalue weighted by Crippen LogP contribution is -2.37. The minimum atomic E-state index is -0.383. The highest BCUT2D eigenvalue weighted by Crippen LogP contribution is 2.23. The fourth-order valence-electron chi connectivity index (χ4n) is 3.04. The van der Waals surface area contributed by atoms with Crippen LogP contribution in [0, 0.1) is 6.92 Å². The van der Waals surface area contributed by atoms with Crippen LogP contribution in [0.3, 0.4) is 0 Å². The van der Waals surface area contributed by atoms with Crippen LogP contribution in [0.25, 0.3) is 5.65 Å². The molecule has 2 atom stereocenters. The van der Waals surface area contributed by atoms with Crippen molar-refractivity contribution in [2.24, 2.45) is 0 Å². The summed E-state index contributed by atoms with van der Waals surface area (Å²) in [6.45, 7) is 4.39. The van der Waals surface area contributed by atoms with Crippen LogP contribution in [-0.2, 0) is 0 Å². The van der Waals surface area contributed by atoms with Crippen LogP contribution in [-0.4, -0.2) is 49.2 Å². The molecule has 3 heterocycles. The number of aromatic nitrogens is 3. The van der Waals surface area contributed by atoms with E-state index in [1.807, 2.05) is 22.3 Å². The number of aliphatic hydroxyl groups excluding tert-OH is 1. The largest absolute Gasteiger partial charge is 0.393 e. The smallest absolute Gasteiger partial charge is 0.255 e. The predicted octanol–water partition coefficient (Wildman–Crippen LogP) is 1.41. The van der Waals surface area contributed by atoms with Crippen LogP contribution in [0.5, 0.6) is 0 Å². The van der Waals surface area contributed by atoms with Crippen molar-refractivity contribution in [3.63, 3.8) is 0 Å². The Morgan fingerprint density at radius 2 is 2.29 bits per heavy atom. The molecule has 6 heteroatoms. The van der Waals surface area contributed by atoms with Gasteiger partial charge in [-0.25, -0.2) is 0 Å². The summed E-state index contributed by atoms with van der Waals surface area (Å²) >= 11 is 0. The highest BCUT2D eigenvalue weighted by Gasteiger charge is 2.30. The van der Waals surface area contributed by atoms with E-state index >= 15 is 0 Å². The van der Waals surface area contributed by atoms with E-state index < -0.39 is 0 Å². The lowest BCUT2D eigenvalue weighted by atomic mass is 10.1. The number of aryl methyl sites for hydroxylation is 1. The van der Waals surface area contributed by atoms with E-state index in [0.29, 0.717) is 12.0 Å². The number of carbonyl (C=O) groups is 1. The molecule has 1 saturated heterocycles. The van der Waals surface area contributed by atoms with Gasteiger partial charge in [0, 0.05) is 18.8 Å². The number of carbonyl (C=O) groups excluding carboxylic acids is 1. The first-order valence-corrected chi connectivity index (χ1v) is 7.36. The Bertz CT molecular complexity index is 665. The maximum Gasteiger partial charge on any atom is 0.255 e. The summed E-state index contributed by atoms with van der Waals surface area (Å²) in [5, 5.41) is 17.6. The van der Waals surface area contributed by atoms with E-state index in [0.717, 1.165) is 30.9 Å². The molecule has 1 fully saturated rings. The van der Waals surface area contributed by atoms with Crippen molar-refractivity contribution in [3.05, 3.63) is 29.7 Å². The van der Waals surface area contributed by atoms with Gasteiger partial charge in [0.15, 0.2) is 5.65 Å². The van der Waals surface area contributed by atoms with Gasteiger partial charge in [-0.1, -0.05) is 0 Å². The number of rotatable bonds is 3. The summed E-state index contributed by atoms with van der Waals surface area (Å²) in [5.74, 6) is 0.787. The fourth-order valence-corrected chi connectivity index (χ4v) is 3.04. The van der Waals surface area contributed by atoms with Gasteiger partial charge in [-0.05, 0) is 45.2 Å². The van der Waals surface area contributed by atoms with Gasteiger partial charge in [-0.15, -0.1) is 10.2 Å². The van der Waals surface area contributed by atoms with Crippen molar-refractivity contribution in [1.82, 2.24) is 19.5 Å². The van der Waals surface area contributed by atoms with Crippen molar-refractivity contribution in [2.75, 3.05) is 6.54 Å². The predicted molar refractivity (Wildman–Crippen MR) is 78.1 cm³/mol. The van der Waals surface area contributed by atoms with E-state index in [-0.39, 0.29) is 18.1 Å². The quantitative estimate of drug-likeness (QED) is 0.927. The van der Waals surface area contributed by atoms with Gasteiger partial charge in [-0.2, -0.15) is 0 Å². The van der Waals surface area contributed by atoms with E-state index in [4.69, 9.17) is 0 Å². The SMILES string of the molecule is Cc1nnc2ccc(C(=O)N3CCCC3CC(C)O)cn12. The topological polar surface area (TPSA) is 70.7 Å². The number of hydrogen-bond acceptors (Lipinski definition) is 4. The Morgan fingerprint density at radius 1 is 1.48 bits per heavy atom. The molecule has 0 radical (unpaired) electrons. The molecule has 1 N–H and O–H groups in total. The van der Waals surface area contributed by atoms with Gasteiger partial charge in [0.2, 0.25) is 0 Å². The molecule has 2 aromatic rings. The standard InChI is InChI=1S/C15H20N4O2/c1-10(20)8-13-4-3-7-18(13)15(21)12-5-6-14-17-16-11(2)19(14)9-12/h5-6,9-10,13,20H,3-4,7-8H2,1-2H3. The molecule has 0 aliphatic carbocycles. The average molecular weight is 288 g/mol. The minimum absolute atomic E-state index is 0.0214. The van der Waals surface area contributed by atoms with Crippen LogP contribution in [0.2, 0.25) is 0 Å². The first-order chi connectivity index (χ1) is 10.1. The fraction of sp³-hybridized carbons (Fsp3) is 0.533. The van der Waals surface area contributed by atoms with Crippen LogP contribution in [0.1, 0.15) is 42.4 Å². The Kier molecular flexibility index (Phi) is 3.63. The van der Waals surface area contributed by atoms with Crippen molar-refractivity contribution in [2.45, 2.75) is 45.3 Å². The summed E-state index contributed by atoms with van der Waals surface area (Å²) in [4.78, 5) is 14.6. The third-order valence-electron chi connectivity index (χ3n) is 4.07. The summed E-state index contributed by atoms with van der Waals surface area (Å²) < 4.78 is 1.83. The number of hydrogen-bond donors (Lipinski definition) is 1. The third-order valence-corrected chi connectivity index (χ3v) is 4.07. The van der Waals surface area contributed by atoms with E-state index in [2.05, 4.69) is 10.2 Å². The van der Waals surface area contributed by atoms with Crippen LogP contribution in [0.4, 0.5) is 0 Å². The molecule has 1 amide bonds. The van der Waals surface area contributed by atoms with Crippen LogP contribution < -0.4 is 0 Å². The number of likely N-dealkylation sites (tertiary alicyclic amines) is 1. The maximum atomic E-state index is 12.7. The Hall–Kier alpha value is -1.95. The Labute approximate surface area is 123 Å². The van der Waals surface area contributed by atoms with Crippen molar-refractivity contribution in [1.29, 1.82) is 0 Å². The van der Waals surface area contributed by atoms with Gasteiger partial charge < -0.3 is 10.0 Å². The van der Waals surface area contributed by atoms with Crippen molar-refractivity contribution in [3.8, 4) is 0 Å². The highest BCUT2D eigenvalue weighted by atomic mass is 16.3. The first-order valence-electron chi connectivity index (χ1n) is 7.36. The number of nitrogens with zero attached hydrogens (tertiary/aromatic N) is 4. The molecule has 112 valence electrons. The Morgan fingerprint density at radius 3 is 3.05 bits per heavy atom. The molecule has 6 nitrogen and oxygen atoms in total. The number of pyridine rings is 1. The molecule has 1 aliphatic rings. The van der Waals surface area contributed by atoms with Crippen molar-refractivity contribution >= 4 is 11.6 Å². The molecular weight excluding hydrogens is 268 g/mol. The Balaban J connectivity index is 1.87. The lowest BCUT2D eigenvalue weighted by Gasteiger charge is -2.25. The second-order valence-corrected chi connectivity index (χ2v) is 5.77.